The third-order valence-corrected chi connectivity index (χ3v) is 6.62. The van der Waals surface area contributed by atoms with Crippen molar-refractivity contribution in [3.8, 4) is 11.4 Å². The molecule has 4 rings (SSSR count). The number of aromatic nitrogens is 3. The van der Waals surface area contributed by atoms with E-state index in [1.165, 1.54) is 25.0 Å². The maximum absolute atomic E-state index is 12.8. The second kappa shape index (κ2) is 8.89. The summed E-state index contributed by atoms with van der Waals surface area (Å²) < 4.78 is 2.32. The first-order valence-corrected chi connectivity index (χ1v) is 10.9. The Morgan fingerprint density at radius 1 is 1.11 bits per heavy atom. The zero-order valence-electron chi connectivity index (χ0n) is 17.0. The van der Waals surface area contributed by atoms with Gasteiger partial charge in [-0.25, -0.2) is 4.98 Å². The van der Waals surface area contributed by atoms with Gasteiger partial charge in [-0.15, -0.1) is 0 Å². The monoisotopic (exact) mass is 380 g/mol. The molecule has 0 bridgehead atoms. The highest BCUT2D eigenvalue weighted by Crippen LogP contribution is 2.29. The van der Waals surface area contributed by atoms with Crippen LogP contribution in [0.2, 0.25) is 0 Å². The van der Waals surface area contributed by atoms with E-state index < -0.39 is 0 Å². The van der Waals surface area contributed by atoms with Crippen LogP contribution < -0.4 is 0 Å². The fraction of sp³-hybridized carbons (Fsp3) is 0.609. The van der Waals surface area contributed by atoms with Gasteiger partial charge in [-0.1, -0.05) is 19.3 Å². The number of carbonyl (C=O) groups excluding carboxylic acids is 1. The minimum Gasteiger partial charge on any atom is -0.342 e. The summed E-state index contributed by atoms with van der Waals surface area (Å²) in [7, 11) is 0. The van der Waals surface area contributed by atoms with Crippen molar-refractivity contribution in [3.05, 3.63) is 36.4 Å². The summed E-state index contributed by atoms with van der Waals surface area (Å²) >= 11 is 0. The van der Waals surface area contributed by atoms with Crippen LogP contribution in [-0.4, -0.2) is 38.4 Å². The topological polar surface area (TPSA) is 51.0 Å². The second-order valence-corrected chi connectivity index (χ2v) is 8.51. The Morgan fingerprint density at radius 2 is 1.89 bits per heavy atom. The van der Waals surface area contributed by atoms with E-state index in [2.05, 4.69) is 32.4 Å². The molecule has 5 heteroatoms. The van der Waals surface area contributed by atoms with Crippen LogP contribution in [0.3, 0.4) is 0 Å². The van der Waals surface area contributed by atoms with Gasteiger partial charge in [0.1, 0.15) is 5.82 Å². The SMILES string of the molecule is Cc1cnc(-c2cccnc2)n1CCC1CCN(C(=O)C2CCCCC2)CC1. The Hall–Kier alpha value is -2.17. The molecule has 2 aromatic rings. The first kappa shape index (κ1) is 19.2. The van der Waals surface area contributed by atoms with Gasteiger partial charge in [-0.2, -0.15) is 0 Å². The molecule has 28 heavy (non-hydrogen) atoms. The Bertz CT molecular complexity index is 771. The lowest BCUT2D eigenvalue weighted by Crippen LogP contribution is -2.42. The number of piperidine rings is 1. The van der Waals surface area contributed by atoms with Gasteiger partial charge >= 0.3 is 0 Å². The number of hydrogen-bond donors (Lipinski definition) is 0. The van der Waals surface area contributed by atoms with Crippen molar-refractivity contribution in [2.75, 3.05) is 13.1 Å². The first-order chi connectivity index (χ1) is 13.7. The third-order valence-electron chi connectivity index (χ3n) is 6.62. The van der Waals surface area contributed by atoms with Gasteiger partial charge in [0.2, 0.25) is 5.91 Å². The number of aryl methyl sites for hydroxylation is 1. The summed E-state index contributed by atoms with van der Waals surface area (Å²) in [5, 5.41) is 0. The highest BCUT2D eigenvalue weighted by atomic mass is 16.2. The summed E-state index contributed by atoms with van der Waals surface area (Å²) in [4.78, 5) is 23.7. The first-order valence-electron chi connectivity index (χ1n) is 10.9. The van der Waals surface area contributed by atoms with Crippen LogP contribution in [0.25, 0.3) is 11.4 Å². The van der Waals surface area contributed by atoms with E-state index in [4.69, 9.17) is 0 Å². The van der Waals surface area contributed by atoms with Crippen molar-refractivity contribution in [1.29, 1.82) is 0 Å². The van der Waals surface area contributed by atoms with Gasteiger partial charge in [0.15, 0.2) is 0 Å². The molecule has 2 aromatic heterocycles. The Kier molecular flexibility index (Phi) is 6.08. The van der Waals surface area contributed by atoms with Crippen LogP contribution in [-0.2, 0) is 11.3 Å². The van der Waals surface area contributed by atoms with Gasteiger partial charge in [-0.3, -0.25) is 9.78 Å². The molecule has 1 aliphatic carbocycles. The second-order valence-electron chi connectivity index (χ2n) is 8.51. The lowest BCUT2D eigenvalue weighted by Gasteiger charge is -2.35. The van der Waals surface area contributed by atoms with E-state index in [1.54, 1.807) is 6.20 Å². The predicted molar refractivity (Wildman–Crippen MR) is 111 cm³/mol. The molecule has 1 amide bonds. The average Bonchev–Trinajstić information content (AvgIpc) is 3.13. The van der Waals surface area contributed by atoms with Crippen molar-refractivity contribution in [3.63, 3.8) is 0 Å². The smallest absolute Gasteiger partial charge is 0.225 e. The molecule has 0 unspecified atom stereocenters. The van der Waals surface area contributed by atoms with Crippen LogP contribution in [0, 0.1) is 18.8 Å². The van der Waals surface area contributed by atoms with Crippen LogP contribution >= 0.6 is 0 Å². The highest BCUT2D eigenvalue weighted by molar-refractivity contribution is 5.79. The molecule has 2 fully saturated rings. The normalized spacial score (nSPS) is 19.1. The molecule has 0 atom stereocenters. The number of imidazole rings is 1. The lowest BCUT2D eigenvalue weighted by atomic mass is 9.87. The number of rotatable bonds is 5. The predicted octanol–water partition coefficient (Wildman–Crippen LogP) is 4.46. The molecular formula is C23H32N4O. The van der Waals surface area contributed by atoms with Crippen molar-refractivity contribution in [2.24, 2.45) is 11.8 Å². The number of likely N-dealkylation sites (tertiary alicyclic amines) is 1. The molecule has 150 valence electrons. The summed E-state index contributed by atoms with van der Waals surface area (Å²) in [6.07, 6.45) is 15.0. The van der Waals surface area contributed by atoms with Crippen LogP contribution in [0.5, 0.6) is 0 Å². The molecule has 0 spiro atoms. The molecule has 2 aliphatic rings. The fourth-order valence-corrected chi connectivity index (χ4v) is 4.83. The Morgan fingerprint density at radius 3 is 2.61 bits per heavy atom. The maximum atomic E-state index is 12.8. The third kappa shape index (κ3) is 4.29. The number of carbonyl (C=O) groups is 1. The van der Waals surface area contributed by atoms with Gasteiger partial charge in [0.05, 0.1) is 0 Å². The standard InChI is InChI=1S/C23H32N4O/c1-18-16-25-22(21-8-5-12-24-17-21)27(18)15-11-19-9-13-26(14-10-19)23(28)20-6-3-2-4-7-20/h5,8,12,16-17,19-20H,2-4,6-7,9-11,13-15H2,1H3. The number of amides is 1. The van der Waals surface area contributed by atoms with Crippen molar-refractivity contribution in [2.45, 2.75) is 64.8 Å². The summed E-state index contributed by atoms with van der Waals surface area (Å²) in [5.41, 5.74) is 2.27. The molecule has 0 radical (unpaired) electrons. The molecular weight excluding hydrogens is 348 g/mol. The van der Waals surface area contributed by atoms with Crippen LogP contribution in [0.4, 0.5) is 0 Å². The summed E-state index contributed by atoms with van der Waals surface area (Å²) in [6.45, 7) is 4.99. The van der Waals surface area contributed by atoms with Gasteiger partial charge in [-0.05, 0) is 57.1 Å². The number of hydrogen-bond acceptors (Lipinski definition) is 3. The van der Waals surface area contributed by atoms with Crippen LogP contribution in [0.15, 0.2) is 30.7 Å². The molecule has 1 saturated carbocycles. The average molecular weight is 381 g/mol. The van der Waals surface area contributed by atoms with E-state index in [1.807, 2.05) is 18.5 Å². The van der Waals surface area contributed by atoms with E-state index in [0.717, 1.165) is 63.1 Å². The van der Waals surface area contributed by atoms with E-state index in [-0.39, 0.29) is 0 Å². The fourth-order valence-electron chi connectivity index (χ4n) is 4.83. The Balaban J connectivity index is 1.30. The molecule has 0 aromatic carbocycles. The summed E-state index contributed by atoms with van der Waals surface area (Å²) in [5.74, 6) is 2.44. The number of pyridine rings is 1. The quantitative estimate of drug-likeness (QED) is 0.769. The van der Waals surface area contributed by atoms with Crippen molar-refractivity contribution >= 4 is 5.91 Å². The lowest BCUT2D eigenvalue weighted by molar-refractivity contribution is -0.138. The molecule has 1 saturated heterocycles. The number of nitrogens with zero attached hydrogens (tertiary/aromatic N) is 4. The zero-order valence-corrected chi connectivity index (χ0v) is 17.0. The van der Waals surface area contributed by atoms with Gasteiger partial charge in [0, 0.05) is 55.4 Å². The van der Waals surface area contributed by atoms with Gasteiger partial charge < -0.3 is 9.47 Å². The molecule has 5 nitrogen and oxygen atoms in total. The molecule has 3 heterocycles. The van der Waals surface area contributed by atoms with Crippen molar-refractivity contribution in [1.82, 2.24) is 19.4 Å². The Labute approximate surface area is 168 Å². The largest absolute Gasteiger partial charge is 0.342 e. The van der Waals surface area contributed by atoms with Crippen molar-refractivity contribution < 1.29 is 4.79 Å². The van der Waals surface area contributed by atoms with E-state index in [9.17, 15) is 4.79 Å². The maximum Gasteiger partial charge on any atom is 0.225 e. The highest BCUT2D eigenvalue weighted by Gasteiger charge is 2.29. The molecule has 0 N–H and O–H groups in total. The van der Waals surface area contributed by atoms with E-state index in [0.29, 0.717) is 17.7 Å². The molecule has 1 aliphatic heterocycles. The summed E-state index contributed by atoms with van der Waals surface area (Å²) in [6, 6.07) is 4.03. The van der Waals surface area contributed by atoms with E-state index >= 15 is 0 Å². The van der Waals surface area contributed by atoms with Crippen LogP contribution in [0.1, 0.15) is 57.1 Å². The van der Waals surface area contributed by atoms with Gasteiger partial charge in [0.25, 0.3) is 0 Å². The minimum absolute atomic E-state index is 0.306. The zero-order chi connectivity index (χ0) is 19.3. The minimum atomic E-state index is 0.306.